The fourth-order valence-electron chi connectivity index (χ4n) is 3.05. The molecule has 2 heterocycles. The van der Waals surface area contributed by atoms with Crippen LogP contribution in [0.5, 0.6) is 0 Å². The highest BCUT2D eigenvalue weighted by molar-refractivity contribution is 7.91. The predicted octanol–water partition coefficient (Wildman–Crippen LogP) is 4.12. The molecule has 3 aromatic rings. The lowest BCUT2D eigenvalue weighted by Gasteiger charge is -2.11. The van der Waals surface area contributed by atoms with Crippen molar-refractivity contribution in [1.29, 1.82) is 0 Å². The van der Waals surface area contributed by atoms with Gasteiger partial charge in [-0.1, -0.05) is 23.7 Å². The fourth-order valence-corrected chi connectivity index (χ4v) is 4.73. The van der Waals surface area contributed by atoms with Crippen LogP contribution in [0.25, 0.3) is 15.8 Å². The SMILES string of the molecule is [C-]#[N+]c1cccc(S(=O)(=O)c2cc(Cl)c3oc4c(c3c2)CNCC4)c1. The number of benzene rings is 2. The molecule has 4 rings (SSSR count). The zero-order valence-electron chi connectivity index (χ0n) is 13.0. The highest BCUT2D eigenvalue weighted by Gasteiger charge is 2.24. The van der Waals surface area contributed by atoms with Crippen molar-refractivity contribution in [3.05, 3.63) is 64.2 Å². The summed E-state index contributed by atoms with van der Waals surface area (Å²) in [5, 5.41) is 4.25. The number of sulfone groups is 1. The molecule has 0 fully saturated rings. The second-order valence-electron chi connectivity index (χ2n) is 5.82. The van der Waals surface area contributed by atoms with E-state index in [4.69, 9.17) is 22.6 Å². The first-order chi connectivity index (χ1) is 12.0. The number of furan rings is 1. The highest BCUT2D eigenvalue weighted by Crippen LogP contribution is 2.36. The normalized spacial score (nSPS) is 14.2. The zero-order valence-corrected chi connectivity index (χ0v) is 14.6. The van der Waals surface area contributed by atoms with E-state index in [1.165, 1.54) is 18.2 Å². The molecule has 1 aliphatic rings. The van der Waals surface area contributed by atoms with E-state index < -0.39 is 9.84 Å². The van der Waals surface area contributed by atoms with Gasteiger partial charge in [0.25, 0.3) is 0 Å². The first-order valence-electron chi connectivity index (χ1n) is 7.68. The van der Waals surface area contributed by atoms with Gasteiger partial charge in [-0.25, -0.2) is 13.3 Å². The molecule has 0 bridgehead atoms. The molecular formula is C18H13ClN2O3S. The minimum atomic E-state index is -3.78. The fraction of sp³-hybridized carbons (Fsp3) is 0.167. The largest absolute Gasteiger partial charge is 0.459 e. The molecule has 5 nitrogen and oxygen atoms in total. The van der Waals surface area contributed by atoms with Crippen LogP contribution < -0.4 is 5.32 Å². The first kappa shape index (κ1) is 16.2. The molecule has 1 N–H and O–H groups in total. The Morgan fingerprint density at radius 1 is 1.20 bits per heavy atom. The number of hydrogen-bond acceptors (Lipinski definition) is 4. The van der Waals surface area contributed by atoms with E-state index in [9.17, 15) is 8.42 Å². The van der Waals surface area contributed by atoms with E-state index in [2.05, 4.69) is 10.2 Å². The maximum absolute atomic E-state index is 13.0. The Kier molecular flexibility index (Phi) is 3.80. The van der Waals surface area contributed by atoms with Gasteiger partial charge in [-0.15, -0.1) is 0 Å². The number of fused-ring (bicyclic) bond motifs is 3. The summed E-state index contributed by atoms with van der Waals surface area (Å²) < 4.78 is 31.8. The molecule has 1 aromatic heterocycles. The maximum Gasteiger partial charge on any atom is 0.205 e. The van der Waals surface area contributed by atoms with Crippen LogP contribution in [-0.4, -0.2) is 15.0 Å². The predicted molar refractivity (Wildman–Crippen MR) is 94.8 cm³/mol. The summed E-state index contributed by atoms with van der Waals surface area (Å²) in [6.07, 6.45) is 0.746. The van der Waals surface area contributed by atoms with Crippen LogP contribution in [0.1, 0.15) is 11.3 Å². The van der Waals surface area contributed by atoms with Crippen LogP contribution in [0.15, 0.2) is 50.6 Å². The van der Waals surface area contributed by atoms with Gasteiger partial charge in [0.1, 0.15) is 5.76 Å². The van der Waals surface area contributed by atoms with Gasteiger partial charge < -0.3 is 9.73 Å². The van der Waals surface area contributed by atoms with Gasteiger partial charge in [0.05, 0.1) is 21.4 Å². The third-order valence-electron chi connectivity index (χ3n) is 4.30. The van der Waals surface area contributed by atoms with E-state index in [1.54, 1.807) is 18.2 Å². The Labute approximate surface area is 149 Å². The number of nitrogens with one attached hydrogen (secondary N) is 1. The Hall–Kier alpha value is -2.33. The maximum atomic E-state index is 13.0. The number of rotatable bonds is 2. The summed E-state index contributed by atoms with van der Waals surface area (Å²) in [5.41, 5.74) is 1.75. The van der Waals surface area contributed by atoms with Crippen molar-refractivity contribution in [3.63, 3.8) is 0 Å². The van der Waals surface area contributed by atoms with Crippen LogP contribution >= 0.6 is 11.6 Å². The molecule has 0 amide bonds. The van der Waals surface area contributed by atoms with Crippen molar-refractivity contribution in [1.82, 2.24) is 5.32 Å². The third kappa shape index (κ3) is 2.61. The van der Waals surface area contributed by atoms with Crippen LogP contribution in [0.2, 0.25) is 5.02 Å². The topological polar surface area (TPSA) is 63.7 Å². The zero-order chi connectivity index (χ0) is 17.6. The molecule has 0 unspecified atom stereocenters. The molecule has 126 valence electrons. The molecule has 0 saturated carbocycles. The summed E-state index contributed by atoms with van der Waals surface area (Å²) >= 11 is 6.31. The van der Waals surface area contributed by atoms with Gasteiger partial charge >= 0.3 is 0 Å². The molecule has 0 saturated heterocycles. The number of nitrogens with zero attached hydrogens (tertiary/aromatic N) is 1. The molecule has 2 aromatic carbocycles. The monoisotopic (exact) mass is 372 g/mol. The Balaban J connectivity index is 1.93. The summed E-state index contributed by atoms with van der Waals surface area (Å²) in [6, 6.07) is 8.99. The molecular weight excluding hydrogens is 360 g/mol. The average molecular weight is 373 g/mol. The van der Waals surface area contributed by atoms with Crippen molar-refractivity contribution in [2.75, 3.05) is 6.54 Å². The van der Waals surface area contributed by atoms with E-state index in [0.717, 1.165) is 29.7 Å². The van der Waals surface area contributed by atoms with Crippen molar-refractivity contribution in [2.45, 2.75) is 22.8 Å². The molecule has 1 aliphatic heterocycles. The number of halogens is 1. The molecule has 0 aliphatic carbocycles. The molecule has 25 heavy (non-hydrogen) atoms. The van der Waals surface area contributed by atoms with Gasteiger partial charge in [-0.3, -0.25) is 0 Å². The summed E-state index contributed by atoms with van der Waals surface area (Å²) in [6.45, 7) is 8.50. The van der Waals surface area contributed by atoms with E-state index in [1.807, 2.05) is 0 Å². The van der Waals surface area contributed by atoms with Crippen LogP contribution in [0.3, 0.4) is 0 Å². The second-order valence-corrected chi connectivity index (χ2v) is 8.18. The van der Waals surface area contributed by atoms with Crippen molar-refractivity contribution in [2.24, 2.45) is 0 Å². The lowest BCUT2D eigenvalue weighted by molar-refractivity contribution is 0.500. The molecule has 0 spiro atoms. The standard InChI is InChI=1S/C18H13ClN2O3S/c1-20-11-3-2-4-12(7-11)25(22,23)13-8-14-15-10-21-6-5-17(15)24-18(14)16(19)9-13/h2-4,7-9,21H,5-6,10H2. The van der Waals surface area contributed by atoms with Crippen molar-refractivity contribution < 1.29 is 12.8 Å². The van der Waals surface area contributed by atoms with E-state index in [0.29, 0.717) is 12.1 Å². The second kappa shape index (κ2) is 5.88. The first-order valence-corrected chi connectivity index (χ1v) is 9.54. The summed E-state index contributed by atoms with van der Waals surface area (Å²) in [7, 11) is -3.78. The van der Waals surface area contributed by atoms with E-state index in [-0.39, 0.29) is 20.5 Å². The Morgan fingerprint density at radius 2 is 2.04 bits per heavy atom. The van der Waals surface area contributed by atoms with E-state index >= 15 is 0 Å². The molecule has 0 radical (unpaired) electrons. The van der Waals surface area contributed by atoms with Crippen molar-refractivity contribution >= 4 is 38.1 Å². The van der Waals surface area contributed by atoms with Gasteiger partial charge in [0.2, 0.25) is 9.84 Å². The lowest BCUT2D eigenvalue weighted by Crippen LogP contribution is -2.22. The summed E-state index contributed by atoms with van der Waals surface area (Å²) in [5.74, 6) is 0.847. The number of hydrogen-bond donors (Lipinski definition) is 1. The minimum Gasteiger partial charge on any atom is -0.459 e. The van der Waals surface area contributed by atoms with Crippen molar-refractivity contribution in [3.8, 4) is 0 Å². The smallest absolute Gasteiger partial charge is 0.205 e. The Bertz CT molecular complexity index is 1140. The van der Waals surface area contributed by atoms with Crippen LogP contribution in [0, 0.1) is 6.57 Å². The summed E-state index contributed by atoms with van der Waals surface area (Å²) in [4.78, 5) is 3.47. The van der Waals surface area contributed by atoms with Gasteiger partial charge in [0.15, 0.2) is 11.3 Å². The van der Waals surface area contributed by atoms with Crippen LogP contribution in [-0.2, 0) is 22.8 Å². The van der Waals surface area contributed by atoms with Gasteiger partial charge in [-0.2, -0.15) is 0 Å². The molecule has 0 atom stereocenters. The average Bonchev–Trinajstić information content (AvgIpc) is 3.01. The molecule has 7 heteroatoms. The van der Waals surface area contributed by atoms with Gasteiger partial charge in [0, 0.05) is 30.5 Å². The quantitative estimate of drug-likeness (QED) is 0.687. The van der Waals surface area contributed by atoms with Crippen LogP contribution in [0.4, 0.5) is 5.69 Å². The highest BCUT2D eigenvalue weighted by atomic mass is 35.5. The lowest BCUT2D eigenvalue weighted by atomic mass is 10.1. The Morgan fingerprint density at radius 3 is 2.84 bits per heavy atom. The van der Waals surface area contributed by atoms with Gasteiger partial charge in [-0.05, 0) is 24.3 Å². The third-order valence-corrected chi connectivity index (χ3v) is 6.31. The minimum absolute atomic E-state index is 0.0758.